The van der Waals surface area contributed by atoms with Gasteiger partial charge in [0.1, 0.15) is 22.8 Å². The molecule has 1 heterocycles. The van der Waals surface area contributed by atoms with E-state index in [-0.39, 0.29) is 0 Å². The molecule has 20 heavy (non-hydrogen) atoms. The summed E-state index contributed by atoms with van der Waals surface area (Å²) in [7, 11) is 3.29. The van der Waals surface area contributed by atoms with Crippen LogP contribution in [0.2, 0.25) is 0 Å². The Bertz CT molecular complexity index is 762. The lowest BCUT2D eigenvalue weighted by molar-refractivity contribution is 0.413. The second kappa shape index (κ2) is 5.21. The van der Waals surface area contributed by atoms with E-state index in [2.05, 4.69) is 15.9 Å². The predicted octanol–water partition coefficient (Wildman–Crippen LogP) is 4.88. The summed E-state index contributed by atoms with van der Waals surface area (Å²) in [5.41, 5.74) is 1.72. The van der Waals surface area contributed by atoms with Crippen LogP contribution in [-0.2, 0) is 0 Å². The van der Waals surface area contributed by atoms with Crippen molar-refractivity contribution < 1.29 is 13.9 Å². The van der Waals surface area contributed by atoms with Crippen LogP contribution in [0.1, 0.15) is 0 Å². The SMILES string of the molecule is COc1ccc2cc(-c3ccc(Br)cc3OC)oc2c1. The van der Waals surface area contributed by atoms with Gasteiger partial charge in [0.15, 0.2) is 0 Å². The fraction of sp³-hybridized carbons (Fsp3) is 0.125. The van der Waals surface area contributed by atoms with Gasteiger partial charge < -0.3 is 13.9 Å². The van der Waals surface area contributed by atoms with Gasteiger partial charge in [-0.15, -0.1) is 0 Å². The molecule has 0 radical (unpaired) electrons. The van der Waals surface area contributed by atoms with E-state index >= 15 is 0 Å². The molecule has 0 atom stereocenters. The summed E-state index contributed by atoms with van der Waals surface area (Å²) in [4.78, 5) is 0. The largest absolute Gasteiger partial charge is 0.497 e. The number of fused-ring (bicyclic) bond motifs is 1. The third-order valence-corrected chi connectivity index (χ3v) is 3.65. The maximum atomic E-state index is 5.90. The van der Waals surface area contributed by atoms with E-state index in [9.17, 15) is 0 Å². The fourth-order valence-corrected chi connectivity index (χ4v) is 2.48. The molecular weight excluding hydrogens is 320 g/mol. The van der Waals surface area contributed by atoms with Crippen LogP contribution >= 0.6 is 15.9 Å². The van der Waals surface area contributed by atoms with Crippen molar-refractivity contribution in [2.24, 2.45) is 0 Å². The van der Waals surface area contributed by atoms with Crippen LogP contribution in [0.3, 0.4) is 0 Å². The highest BCUT2D eigenvalue weighted by atomic mass is 79.9. The van der Waals surface area contributed by atoms with Crippen molar-refractivity contribution in [3.63, 3.8) is 0 Å². The van der Waals surface area contributed by atoms with Gasteiger partial charge >= 0.3 is 0 Å². The molecule has 0 bridgehead atoms. The minimum atomic E-state index is 0.769. The maximum absolute atomic E-state index is 5.90. The molecule has 0 fully saturated rings. The van der Waals surface area contributed by atoms with Crippen molar-refractivity contribution in [3.05, 3.63) is 46.9 Å². The van der Waals surface area contributed by atoms with Crippen LogP contribution in [0.5, 0.6) is 11.5 Å². The molecular formula is C16H13BrO3. The molecule has 2 aromatic carbocycles. The van der Waals surface area contributed by atoms with Crippen molar-refractivity contribution in [3.8, 4) is 22.8 Å². The summed E-state index contributed by atoms with van der Waals surface area (Å²) >= 11 is 3.44. The van der Waals surface area contributed by atoms with Crippen LogP contribution in [0.15, 0.2) is 51.4 Å². The van der Waals surface area contributed by atoms with Gasteiger partial charge in [0, 0.05) is 15.9 Å². The van der Waals surface area contributed by atoms with Crippen molar-refractivity contribution in [2.45, 2.75) is 0 Å². The molecule has 0 amide bonds. The number of benzene rings is 2. The lowest BCUT2D eigenvalue weighted by Crippen LogP contribution is -1.86. The summed E-state index contributed by atoms with van der Waals surface area (Å²) in [6, 6.07) is 13.6. The van der Waals surface area contributed by atoms with Crippen molar-refractivity contribution in [2.75, 3.05) is 14.2 Å². The Morgan fingerprint density at radius 1 is 0.950 bits per heavy atom. The zero-order chi connectivity index (χ0) is 14.1. The molecule has 3 rings (SSSR count). The lowest BCUT2D eigenvalue weighted by atomic mass is 10.1. The maximum Gasteiger partial charge on any atom is 0.139 e. The highest BCUT2D eigenvalue weighted by Gasteiger charge is 2.12. The molecule has 0 aliphatic heterocycles. The van der Waals surface area contributed by atoms with Crippen molar-refractivity contribution >= 4 is 26.9 Å². The molecule has 0 aliphatic rings. The third kappa shape index (κ3) is 2.27. The summed E-state index contributed by atoms with van der Waals surface area (Å²) in [6.45, 7) is 0. The average molecular weight is 333 g/mol. The normalized spacial score (nSPS) is 10.8. The molecule has 0 spiro atoms. The molecule has 0 aliphatic carbocycles. The zero-order valence-electron chi connectivity index (χ0n) is 11.1. The first-order chi connectivity index (χ1) is 9.71. The minimum Gasteiger partial charge on any atom is -0.497 e. The number of hydrogen-bond donors (Lipinski definition) is 0. The average Bonchev–Trinajstić information content (AvgIpc) is 2.89. The Hall–Kier alpha value is -1.94. The second-order valence-electron chi connectivity index (χ2n) is 4.36. The van der Waals surface area contributed by atoms with Gasteiger partial charge in [-0.05, 0) is 36.4 Å². The smallest absolute Gasteiger partial charge is 0.139 e. The molecule has 0 saturated heterocycles. The van der Waals surface area contributed by atoms with Crippen LogP contribution in [0, 0.1) is 0 Å². The number of ether oxygens (including phenoxy) is 2. The summed E-state index contributed by atoms with van der Waals surface area (Å²) < 4.78 is 17.5. The number of halogens is 1. The summed E-state index contributed by atoms with van der Waals surface area (Å²) in [5, 5.41) is 1.03. The van der Waals surface area contributed by atoms with Gasteiger partial charge in [0.2, 0.25) is 0 Å². The Morgan fingerprint density at radius 2 is 1.80 bits per heavy atom. The molecule has 0 saturated carbocycles. The molecule has 0 N–H and O–H groups in total. The highest BCUT2D eigenvalue weighted by Crippen LogP contribution is 2.36. The molecule has 3 aromatic rings. The number of methoxy groups -OCH3 is 2. The Labute approximate surface area is 125 Å². The molecule has 3 nitrogen and oxygen atoms in total. The number of hydrogen-bond acceptors (Lipinski definition) is 3. The van der Waals surface area contributed by atoms with Gasteiger partial charge in [-0.1, -0.05) is 15.9 Å². The molecule has 4 heteroatoms. The van der Waals surface area contributed by atoms with E-state index in [1.165, 1.54) is 0 Å². The zero-order valence-corrected chi connectivity index (χ0v) is 12.7. The van der Waals surface area contributed by atoms with E-state index in [0.717, 1.165) is 38.3 Å². The Morgan fingerprint density at radius 3 is 2.55 bits per heavy atom. The quantitative estimate of drug-likeness (QED) is 0.685. The predicted molar refractivity (Wildman–Crippen MR) is 82.5 cm³/mol. The first kappa shape index (κ1) is 13.1. The van der Waals surface area contributed by atoms with E-state index < -0.39 is 0 Å². The van der Waals surface area contributed by atoms with Gasteiger partial charge in [0.05, 0.1) is 19.8 Å². The van der Waals surface area contributed by atoms with Crippen LogP contribution < -0.4 is 9.47 Å². The second-order valence-corrected chi connectivity index (χ2v) is 5.27. The first-order valence-corrected chi connectivity index (χ1v) is 6.92. The number of furan rings is 1. The van der Waals surface area contributed by atoms with Crippen LogP contribution in [0.4, 0.5) is 0 Å². The van der Waals surface area contributed by atoms with Gasteiger partial charge in [-0.25, -0.2) is 0 Å². The van der Waals surface area contributed by atoms with Crippen LogP contribution in [-0.4, -0.2) is 14.2 Å². The van der Waals surface area contributed by atoms with Crippen molar-refractivity contribution in [1.29, 1.82) is 0 Å². The molecule has 102 valence electrons. The Balaban J connectivity index is 2.14. The van der Waals surface area contributed by atoms with Crippen LogP contribution in [0.25, 0.3) is 22.3 Å². The third-order valence-electron chi connectivity index (χ3n) is 3.16. The first-order valence-electron chi connectivity index (χ1n) is 6.13. The van der Waals surface area contributed by atoms with Gasteiger partial charge in [-0.3, -0.25) is 0 Å². The monoisotopic (exact) mass is 332 g/mol. The van der Waals surface area contributed by atoms with E-state index in [0.29, 0.717) is 0 Å². The van der Waals surface area contributed by atoms with Crippen molar-refractivity contribution in [1.82, 2.24) is 0 Å². The Kier molecular flexibility index (Phi) is 3.40. The highest BCUT2D eigenvalue weighted by molar-refractivity contribution is 9.10. The topological polar surface area (TPSA) is 31.6 Å². The van der Waals surface area contributed by atoms with E-state index in [4.69, 9.17) is 13.9 Å². The number of rotatable bonds is 3. The van der Waals surface area contributed by atoms with E-state index in [1.54, 1.807) is 14.2 Å². The fourth-order valence-electron chi connectivity index (χ4n) is 2.14. The summed E-state index contributed by atoms with van der Waals surface area (Å²) in [5.74, 6) is 2.32. The van der Waals surface area contributed by atoms with Gasteiger partial charge in [-0.2, -0.15) is 0 Å². The minimum absolute atomic E-state index is 0.769. The van der Waals surface area contributed by atoms with E-state index in [1.807, 2.05) is 42.5 Å². The van der Waals surface area contributed by atoms with Gasteiger partial charge in [0.25, 0.3) is 0 Å². The lowest BCUT2D eigenvalue weighted by Gasteiger charge is -2.06. The summed E-state index contributed by atoms with van der Waals surface area (Å²) in [6.07, 6.45) is 0. The standard InChI is InChI=1S/C16H13BrO3/c1-18-12-5-3-10-7-16(20-14(10)9-12)13-6-4-11(17)8-15(13)19-2/h3-9H,1-2H3. The molecule has 0 unspecified atom stereocenters. The molecule has 1 aromatic heterocycles.